The molecule has 0 unspecified atom stereocenters. The highest BCUT2D eigenvalue weighted by Gasteiger charge is 2.08. The maximum absolute atomic E-state index is 2.24. The molecule has 0 saturated carbocycles. The Kier molecular flexibility index (Phi) is 2.91. The molecule has 20 heavy (non-hydrogen) atoms. The summed E-state index contributed by atoms with van der Waals surface area (Å²) < 4.78 is 0. The van der Waals surface area contributed by atoms with Gasteiger partial charge in [-0.1, -0.05) is 48.5 Å². The van der Waals surface area contributed by atoms with Crippen LogP contribution < -0.4 is 0 Å². The first-order valence-corrected chi connectivity index (χ1v) is 8.23. The number of hydrogen-bond acceptors (Lipinski definition) is 2. The standard InChI is InChI=1S/C18H12S2/c1-2-7-14-13(5-1)6-3-8-15(14)16-10-11-18(20-16)17-9-4-12-19-17/h1-12H. The summed E-state index contributed by atoms with van der Waals surface area (Å²) in [4.78, 5) is 4.04. The van der Waals surface area contributed by atoms with Crippen LogP contribution in [0, 0.1) is 0 Å². The summed E-state index contributed by atoms with van der Waals surface area (Å²) in [6.45, 7) is 0. The minimum absolute atomic E-state index is 1.30. The van der Waals surface area contributed by atoms with Crippen molar-refractivity contribution in [3.8, 4) is 20.2 Å². The first kappa shape index (κ1) is 11.9. The molecule has 0 atom stereocenters. The largest absolute Gasteiger partial charge is 0.143 e. The third-order valence-electron chi connectivity index (χ3n) is 3.43. The average Bonchev–Trinajstić information content (AvgIpc) is 3.17. The summed E-state index contributed by atoms with van der Waals surface area (Å²) in [6.07, 6.45) is 0. The molecule has 0 spiro atoms. The van der Waals surface area contributed by atoms with E-state index in [1.807, 2.05) is 11.3 Å². The Morgan fingerprint density at radius 3 is 2.35 bits per heavy atom. The van der Waals surface area contributed by atoms with Gasteiger partial charge < -0.3 is 0 Å². The zero-order chi connectivity index (χ0) is 13.4. The molecule has 0 aliphatic heterocycles. The summed E-state index contributed by atoms with van der Waals surface area (Å²) in [7, 11) is 0. The van der Waals surface area contributed by atoms with Crippen molar-refractivity contribution in [1.82, 2.24) is 0 Å². The van der Waals surface area contributed by atoms with Crippen LogP contribution >= 0.6 is 22.7 Å². The SMILES string of the molecule is c1csc(-c2ccc(-c3cccc4ccccc34)s2)c1. The Bertz CT molecular complexity index is 849. The Morgan fingerprint density at radius 2 is 1.45 bits per heavy atom. The van der Waals surface area contributed by atoms with Gasteiger partial charge in [-0.05, 0) is 39.9 Å². The van der Waals surface area contributed by atoms with Crippen LogP contribution in [0.2, 0.25) is 0 Å². The van der Waals surface area contributed by atoms with Crippen molar-refractivity contribution in [2.45, 2.75) is 0 Å². The zero-order valence-corrected chi connectivity index (χ0v) is 12.4. The Balaban J connectivity index is 1.88. The summed E-state index contributed by atoms with van der Waals surface area (Å²) in [5.41, 5.74) is 1.33. The van der Waals surface area contributed by atoms with Crippen molar-refractivity contribution in [2.75, 3.05) is 0 Å². The number of fused-ring (bicyclic) bond motifs is 1. The average molecular weight is 292 g/mol. The predicted molar refractivity (Wildman–Crippen MR) is 90.6 cm³/mol. The first-order valence-electron chi connectivity index (χ1n) is 6.54. The van der Waals surface area contributed by atoms with Crippen molar-refractivity contribution >= 4 is 33.4 Å². The van der Waals surface area contributed by atoms with Gasteiger partial charge in [-0.25, -0.2) is 0 Å². The fourth-order valence-corrected chi connectivity index (χ4v) is 4.35. The van der Waals surface area contributed by atoms with E-state index in [4.69, 9.17) is 0 Å². The molecule has 2 aromatic carbocycles. The van der Waals surface area contributed by atoms with E-state index in [0.29, 0.717) is 0 Å². The lowest BCUT2D eigenvalue weighted by molar-refractivity contribution is 1.74. The smallest absolute Gasteiger partial charge is 0.0449 e. The lowest BCUT2D eigenvalue weighted by Gasteiger charge is -2.03. The van der Waals surface area contributed by atoms with Crippen LogP contribution in [0.5, 0.6) is 0 Å². The molecule has 0 bridgehead atoms. The van der Waals surface area contributed by atoms with Crippen LogP contribution in [-0.4, -0.2) is 0 Å². The van der Waals surface area contributed by atoms with Crippen LogP contribution in [0.25, 0.3) is 31.0 Å². The van der Waals surface area contributed by atoms with Gasteiger partial charge >= 0.3 is 0 Å². The van der Waals surface area contributed by atoms with Crippen molar-refractivity contribution in [2.24, 2.45) is 0 Å². The van der Waals surface area contributed by atoms with Gasteiger partial charge in [0, 0.05) is 14.6 Å². The molecule has 4 rings (SSSR count). The number of benzene rings is 2. The Hall–Kier alpha value is -1.90. The molecule has 4 aromatic rings. The van der Waals surface area contributed by atoms with E-state index in [9.17, 15) is 0 Å². The summed E-state index contributed by atoms with van der Waals surface area (Å²) in [5, 5.41) is 4.76. The fraction of sp³-hybridized carbons (Fsp3) is 0. The van der Waals surface area contributed by atoms with Crippen LogP contribution in [0.3, 0.4) is 0 Å². The highest BCUT2D eigenvalue weighted by atomic mass is 32.1. The number of rotatable bonds is 2. The lowest BCUT2D eigenvalue weighted by atomic mass is 10.0. The van der Waals surface area contributed by atoms with Crippen LogP contribution in [0.15, 0.2) is 72.1 Å². The molecular weight excluding hydrogens is 280 g/mol. The molecule has 2 heterocycles. The van der Waals surface area contributed by atoms with Gasteiger partial charge in [0.15, 0.2) is 0 Å². The molecular formula is C18H12S2. The van der Waals surface area contributed by atoms with E-state index in [2.05, 4.69) is 72.1 Å². The van der Waals surface area contributed by atoms with Crippen molar-refractivity contribution in [1.29, 1.82) is 0 Å². The molecule has 0 aliphatic rings. The molecule has 2 aromatic heterocycles. The molecule has 0 aliphatic carbocycles. The molecule has 2 heteroatoms. The third-order valence-corrected chi connectivity index (χ3v) is 5.61. The van der Waals surface area contributed by atoms with Crippen LogP contribution in [-0.2, 0) is 0 Å². The highest BCUT2D eigenvalue weighted by molar-refractivity contribution is 7.23. The van der Waals surface area contributed by atoms with E-state index < -0.39 is 0 Å². The van der Waals surface area contributed by atoms with Gasteiger partial charge in [-0.15, -0.1) is 22.7 Å². The van der Waals surface area contributed by atoms with Gasteiger partial charge in [-0.2, -0.15) is 0 Å². The fourth-order valence-electron chi connectivity index (χ4n) is 2.47. The Morgan fingerprint density at radius 1 is 0.600 bits per heavy atom. The Labute approximate surface area is 126 Å². The molecule has 0 nitrogen and oxygen atoms in total. The van der Waals surface area contributed by atoms with Crippen molar-refractivity contribution in [3.63, 3.8) is 0 Å². The summed E-state index contributed by atoms with van der Waals surface area (Å²) in [5.74, 6) is 0. The maximum Gasteiger partial charge on any atom is 0.0449 e. The van der Waals surface area contributed by atoms with Gasteiger partial charge in [0.2, 0.25) is 0 Å². The van der Waals surface area contributed by atoms with Gasteiger partial charge in [-0.3, -0.25) is 0 Å². The van der Waals surface area contributed by atoms with E-state index in [0.717, 1.165) is 0 Å². The quantitative estimate of drug-likeness (QED) is 0.407. The van der Waals surface area contributed by atoms with Gasteiger partial charge in [0.25, 0.3) is 0 Å². The molecule has 0 fully saturated rings. The minimum atomic E-state index is 1.30. The zero-order valence-electron chi connectivity index (χ0n) is 10.7. The monoisotopic (exact) mass is 292 g/mol. The minimum Gasteiger partial charge on any atom is -0.143 e. The summed E-state index contributed by atoms with van der Waals surface area (Å²) >= 11 is 3.67. The molecule has 0 N–H and O–H groups in total. The second-order valence-electron chi connectivity index (χ2n) is 4.67. The van der Waals surface area contributed by atoms with Crippen molar-refractivity contribution in [3.05, 3.63) is 72.1 Å². The number of hydrogen-bond donors (Lipinski definition) is 0. The highest BCUT2D eigenvalue weighted by Crippen LogP contribution is 2.38. The second kappa shape index (κ2) is 4.89. The van der Waals surface area contributed by atoms with Crippen molar-refractivity contribution < 1.29 is 0 Å². The van der Waals surface area contributed by atoms with Crippen LogP contribution in [0.4, 0.5) is 0 Å². The maximum atomic E-state index is 2.24. The summed E-state index contributed by atoms with van der Waals surface area (Å²) in [6, 6.07) is 23.9. The third kappa shape index (κ3) is 1.98. The normalized spacial score (nSPS) is 11.0. The first-order chi connectivity index (χ1) is 9.92. The molecule has 0 radical (unpaired) electrons. The van der Waals surface area contributed by atoms with Crippen LogP contribution in [0.1, 0.15) is 0 Å². The molecule has 0 amide bonds. The topological polar surface area (TPSA) is 0 Å². The molecule has 96 valence electrons. The second-order valence-corrected chi connectivity index (χ2v) is 6.70. The van der Waals surface area contributed by atoms with E-state index in [1.54, 1.807) is 11.3 Å². The predicted octanol–water partition coefficient (Wildman–Crippen LogP) is 6.30. The van der Waals surface area contributed by atoms with Gasteiger partial charge in [0.1, 0.15) is 0 Å². The molecule has 0 saturated heterocycles. The van der Waals surface area contributed by atoms with E-state index >= 15 is 0 Å². The van der Waals surface area contributed by atoms with Gasteiger partial charge in [0.05, 0.1) is 0 Å². The van der Waals surface area contributed by atoms with E-state index in [1.165, 1.54) is 31.0 Å². The lowest BCUT2D eigenvalue weighted by Crippen LogP contribution is -1.76. The van der Waals surface area contributed by atoms with E-state index in [-0.39, 0.29) is 0 Å². The number of thiophene rings is 2.